The molecule has 102 valence electrons. The van der Waals surface area contributed by atoms with Crippen molar-refractivity contribution in [3.05, 3.63) is 46.1 Å². The van der Waals surface area contributed by atoms with E-state index in [-0.39, 0.29) is 10.2 Å². The molecule has 0 saturated heterocycles. The molecular weight excluding hydrogens is 322 g/mol. The van der Waals surface area contributed by atoms with Crippen LogP contribution in [-0.2, 0) is 0 Å². The first-order valence-corrected chi connectivity index (χ1v) is 7.60. The Morgan fingerprint density at radius 2 is 2.00 bits per heavy atom. The van der Waals surface area contributed by atoms with Crippen LogP contribution in [0.2, 0.25) is 5.28 Å². The fourth-order valence-corrected chi connectivity index (χ4v) is 3.88. The zero-order valence-electron chi connectivity index (χ0n) is 10.2. The van der Waals surface area contributed by atoms with Gasteiger partial charge in [-0.1, -0.05) is 11.8 Å². The van der Waals surface area contributed by atoms with E-state index in [1.54, 1.807) is 0 Å². The van der Waals surface area contributed by atoms with Crippen molar-refractivity contribution in [3.63, 3.8) is 0 Å². The van der Waals surface area contributed by atoms with Crippen LogP contribution >= 0.6 is 34.7 Å². The highest BCUT2D eigenvalue weighted by Crippen LogP contribution is 2.36. The summed E-state index contributed by atoms with van der Waals surface area (Å²) >= 11 is 8.40. The number of rotatable bonds is 2. The summed E-state index contributed by atoms with van der Waals surface area (Å²) in [6.07, 6.45) is 0. The third-order valence-corrected chi connectivity index (χ3v) is 4.70. The lowest BCUT2D eigenvalue weighted by Gasteiger charge is -2.04. The summed E-state index contributed by atoms with van der Waals surface area (Å²) in [5.41, 5.74) is 0. The number of fused-ring (bicyclic) bond motifs is 1. The molecule has 0 unspecified atom stereocenters. The van der Waals surface area contributed by atoms with Gasteiger partial charge in [-0.15, -0.1) is 11.3 Å². The van der Waals surface area contributed by atoms with Gasteiger partial charge in [0.15, 0.2) is 0 Å². The molecule has 1 aromatic carbocycles. The molecule has 0 saturated carbocycles. The van der Waals surface area contributed by atoms with Crippen LogP contribution in [0.5, 0.6) is 0 Å². The van der Waals surface area contributed by atoms with Gasteiger partial charge in [0, 0.05) is 10.3 Å². The van der Waals surface area contributed by atoms with Crippen molar-refractivity contribution in [2.75, 3.05) is 0 Å². The summed E-state index contributed by atoms with van der Waals surface area (Å²) in [6.45, 7) is 1.94. The minimum Gasteiger partial charge on any atom is -0.210 e. The maximum Gasteiger partial charge on any atom is 0.224 e. The largest absolute Gasteiger partial charge is 0.224 e. The van der Waals surface area contributed by atoms with Gasteiger partial charge in [-0.3, -0.25) is 0 Å². The second-order valence-electron chi connectivity index (χ2n) is 4.05. The van der Waals surface area contributed by atoms with E-state index >= 15 is 0 Å². The molecule has 7 heteroatoms. The quantitative estimate of drug-likeness (QED) is 0.484. The number of nitrogens with zero attached hydrogens (tertiary/aromatic N) is 2. The third-order valence-electron chi connectivity index (χ3n) is 2.55. The van der Waals surface area contributed by atoms with Crippen LogP contribution in [-0.4, -0.2) is 9.97 Å². The number of aryl methyl sites for hydroxylation is 1. The smallest absolute Gasteiger partial charge is 0.210 e. The van der Waals surface area contributed by atoms with Crippen LogP contribution in [0.15, 0.2) is 34.2 Å². The van der Waals surface area contributed by atoms with E-state index < -0.39 is 11.6 Å². The van der Waals surface area contributed by atoms with Crippen molar-refractivity contribution in [3.8, 4) is 0 Å². The van der Waals surface area contributed by atoms with E-state index in [0.29, 0.717) is 5.03 Å². The Kier molecular flexibility index (Phi) is 3.62. The highest BCUT2D eigenvalue weighted by Gasteiger charge is 2.13. The van der Waals surface area contributed by atoms with Crippen molar-refractivity contribution >= 4 is 44.9 Å². The van der Waals surface area contributed by atoms with Crippen molar-refractivity contribution in [1.82, 2.24) is 9.97 Å². The topological polar surface area (TPSA) is 25.8 Å². The zero-order valence-corrected chi connectivity index (χ0v) is 12.5. The van der Waals surface area contributed by atoms with Gasteiger partial charge in [0.1, 0.15) is 21.5 Å². The van der Waals surface area contributed by atoms with Crippen LogP contribution in [0.4, 0.5) is 8.78 Å². The molecule has 0 fully saturated rings. The summed E-state index contributed by atoms with van der Waals surface area (Å²) < 4.78 is 26.9. The van der Waals surface area contributed by atoms with Gasteiger partial charge in [-0.05, 0) is 42.8 Å². The van der Waals surface area contributed by atoms with Crippen LogP contribution in [0, 0.1) is 18.6 Å². The molecule has 0 bridgehead atoms. The Balaban J connectivity index is 2.12. The molecule has 0 aliphatic carbocycles. The molecule has 2 heterocycles. The number of aromatic nitrogens is 2. The fraction of sp³-hybridized carbons (Fsp3) is 0.0769. The molecular formula is C13H7ClF2N2S2. The molecule has 3 rings (SSSR count). The number of thiophene rings is 1. The van der Waals surface area contributed by atoms with Crippen LogP contribution in [0.1, 0.15) is 4.88 Å². The van der Waals surface area contributed by atoms with Gasteiger partial charge in [0.2, 0.25) is 5.28 Å². The van der Waals surface area contributed by atoms with E-state index in [9.17, 15) is 8.78 Å². The van der Waals surface area contributed by atoms with Gasteiger partial charge in [-0.2, -0.15) is 0 Å². The maximum atomic E-state index is 13.7. The molecule has 0 spiro atoms. The Bertz CT molecular complexity index is 804. The first kappa shape index (κ1) is 13.7. The predicted molar refractivity (Wildman–Crippen MR) is 77.6 cm³/mol. The normalized spacial score (nSPS) is 11.2. The predicted octanol–water partition coefficient (Wildman–Crippen LogP) is 5.08. The minimum atomic E-state index is -0.494. The van der Waals surface area contributed by atoms with Crippen molar-refractivity contribution in [2.24, 2.45) is 0 Å². The second kappa shape index (κ2) is 5.27. The summed E-state index contributed by atoms with van der Waals surface area (Å²) in [5, 5.41) is 1.41. The molecule has 0 atom stereocenters. The van der Waals surface area contributed by atoms with Crippen molar-refractivity contribution in [1.29, 1.82) is 0 Å². The SMILES string of the molecule is Cc1cc2c(Sc3cc(F)ccc3F)nc(Cl)nc2s1. The monoisotopic (exact) mass is 328 g/mol. The van der Waals surface area contributed by atoms with Crippen molar-refractivity contribution < 1.29 is 8.78 Å². The Morgan fingerprint density at radius 1 is 1.20 bits per heavy atom. The minimum absolute atomic E-state index is 0.0960. The Morgan fingerprint density at radius 3 is 2.80 bits per heavy atom. The molecule has 3 aromatic rings. The second-order valence-corrected chi connectivity index (χ2v) is 6.65. The van der Waals surface area contributed by atoms with E-state index in [1.807, 2.05) is 13.0 Å². The fourth-order valence-electron chi connectivity index (χ4n) is 1.73. The number of hydrogen-bond acceptors (Lipinski definition) is 4. The van der Waals surface area contributed by atoms with Gasteiger partial charge in [0.25, 0.3) is 0 Å². The van der Waals surface area contributed by atoms with Crippen molar-refractivity contribution in [2.45, 2.75) is 16.8 Å². The maximum absolute atomic E-state index is 13.7. The molecule has 0 radical (unpaired) electrons. The summed E-state index contributed by atoms with van der Waals surface area (Å²) in [6, 6.07) is 5.23. The molecule has 0 N–H and O–H groups in total. The number of benzene rings is 1. The highest BCUT2D eigenvalue weighted by molar-refractivity contribution is 7.99. The summed E-state index contributed by atoms with van der Waals surface area (Å²) in [5.74, 6) is -0.988. The van der Waals surface area contributed by atoms with Gasteiger partial charge in [0.05, 0.1) is 4.90 Å². The molecule has 0 aliphatic heterocycles. The van der Waals surface area contributed by atoms with Crippen LogP contribution in [0.25, 0.3) is 10.2 Å². The highest BCUT2D eigenvalue weighted by atomic mass is 35.5. The Hall–Kier alpha value is -1.24. The molecule has 2 aromatic heterocycles. The van der Waals surface area contributed by atoms with E-state index in [4.69, 9.17) is 11.6 Å². The first-order chi connectivity index (χ1) is 9.52. The van der Waals surface area contributed by atoms with E-state index in [2.05, 4.69) is 9.97 Å². The summed E-state index contributed by atoms with van der Waals surface area (Å²) in [4.78, 5) is 10.2. The molecule has 0 amide bonds. The standard InChI is InChI=1S/C13H7ClF2N2S2/c1-6-4-8-11(19-6)17-13(14)18-12(8)20-10-5-7(15)2-3-9(10)16/h2-5H,1H3. The lowest BCUT2D eigenvalue weighted by atomic mass is 10.3. The molecule has 0 aliphatic rings. The summed E-state index contributed by atoms with van der Waals surface area (Å²) in [7, 11) is 0. The zero-order chi connectivity index (χ0) is 14.3. The average molecular weight is 329 g/mol. The van der Waals surface area contributed by atoms with Gasteiger partial charge < -0.3 is 0 Å². The Labute approximate surface area is 126 Å². The molecule has 20 heavy (non-hydrogen) atoms. The van der Waals surface area contributed by atoms with E-state index in [1.165, 1.54) is 11.3 Å². The van der Waals surface area contributed by atoms with Gasteiger partial charge >= 0.3 is 0 Å². The van der Waals surface area contributed by atoms with Crippen LogP contribution < -0.4 is 0 Å². The van der Waals surface area contributed by atoms with E-state index in [0.717, 1.165) is 45.1 Å². The number of halogens is 3. The first-order valence-electron chi connectivity index (χ1n) is 5.59. The lowest BCUT2D eigenvalue weighted by molar-refractivity contribution is 0.577. The lowest BCUT2D eigenvalue weighted by Crippen LogP contribution is -1.89. The molecule has 2 nitrogen and oxygen atoms in total. The third kappa shape index (κ3) is 2.63. The number of hydrogen-bond donors (Lipinski definition) is 0. The average Bonchev–Trinajstić information content (AvgIpc) is 2.74. The van der Waals surface area contributed by atoms with Crippen LogP contribution in [0.3, 0.4) is 0 Å². The van der Waals surface area contributed by atoms with Gasteiger partial charge in [-0.25, -0.2) is 18.7 Å².